The van der Waals surface area contributed by atoms with Gasteiger partial charge in [-0.2, -0.15) is 4.68 Å². The van der Waals surface area contributed by atoms with Crippen LogP contribution in [0.5, 0.6) is 0 Å². The molecule has 3 aromatic rings. The van der Waals surface area contributed by atoms with E-state index < -0.39 is 5.97 Å². The topological polar surface area (TPSA) is 93.8 Å². The maximum absolute atomic E-state index is 10.9. The van der Waals surface area contributed by atoms with Crippen LogP contribution in [0.3, 0.4) is 0 Å². The van der Waals surface area contributed by atoms with Gasteiger partial charge in [0.15, 0.2) is 5.69 Å². The van der Waals surface area contributed by atoms with E-state index in [0.717, 1.165) is 5.52 Å². The molecule has 1 N–H and O–H groups in total. The van der Waals surface area contributed by atoms with Gasteiger partial charge in [0.2, 0.25) is 0 Å². The van der Waals surface area contributed by atoms with E-state index in [0.29, 0.717) is 5.52 Å². The van der Waals surface area contributed by atoms with Crippen LogP contribution in [0.15, 0.2) is 36.5 Å². The lowest BCUT2D eigenvalue weighted by Crippen LogP contribution is -2.08. The van der Waals surface area contributed by atoms with Crippen molar-refractivity contribution in [3.8, 4) is 5.95 Å². The Labute approximate surface area is 101 Å². The molecule has 0 saturated heterocycles. The Morgan fingerprint density at radius 2 is 2.06 bits per heavy atom. The van der Waals surface area contributed by atoms with E-state index in [1.54, 1.807) is 6.07 Å². The molecule has 18 heavy (non-hydrogen) atoms. The number of rotatable bonds is 2. The zero-order valence-corrected chi connectivity index (χ0v) is 9.06. The number of benzene rings is 1. The molecule has 0 amide bonds. The largest absolute Gasteiger partial charge is 0.477 e. The van der Waals surface area contributed by atoms with Gasteiger partial charge in [-0.3, -0.25) is 0 Å². The van der Waals surface area contributed by atoms with Crippen LogP contribution in [0.1, 0.15) is 10.5 Å². The minimum absolute atomic E-state index is 0.0837. The van der Waals surface area contributed by atoms with E-state index in [1.807, 2.05) is 18.2 Å². The maximum atomic E-state index is 10.9. The first-order valence-electron chi connectivity index (χ1n) is 5.13. The van der Waals surface area contributed by atoms with Crippen molar-refractivity contribution in [2.24, 2.45) is 0 Å². The van der Waals surface area contributed by atoms with Gasteiger partial charge in [-0.25, -0.2) is 14.8 Å². The van der Waals surface area contributed by atoms with Crippen molar-refractivity contribution in [2.45, 2.75) is 0 Å². The van der Waals surface area contributed by atoms with Gasteiger partial charge in [0.05, 0.1) is 5.52 Å². The lowest BCUT2D eigenvalue weighted by atomic mass is 10.3. The summed E-state index contributed by atoms with van der Waals surface area (Å²) in [4.78, 5) is 18.8. The third-order valence-corrected chi connectivity index (χ3v) is 2.40. The number of carbonyl (C=O) groups is 1. The molecular formula is C11H7N5O2. The van der Waals surface area contributed by atoms with E-state index in [4.69, 9.17) is 5.11 Å². The van der Waals surface area contributed by atoms with Crippen molar-refractivity contribution < 1.29 is 9.90 Å². The van der Waals surface area contributed by atoms with Gasteiger partial charge in [-0.05, 0) is 18.2 Å². The van der Waals surface area contributed by atoms with Gasteiger partial charge in [0.25, 0.3) is 5.95 Å². The number of nitrogens with zero attached hydrogens (tertiary/aromatic N) is 5. The van der Waals surface area contributed by atoms with Crippen LogP contribution >= 0.6 is 0 Å². The standard InChI is InChI=1S/C11H7N5O2/c17-10(18)8-5-6-12-11(13-8)16-9-4-2-1-3-7(9)14-15-16/h1-6H,(H,17,18). The molecule has 0 aliphatic carbocycles. The number of aromatic nitrogens is 5. The number of aromatic carboxylic acids is 1. The summed E-state index contributed by atoms with van der Waals surface area (Å²) in [5.41, 5.74) is 1.33. The zero-order chi connectivity index (χ0) is 12.5. The van der Waals surface area contributed by atoms with Gasteiger partial charge >= 0.3 is 5.97 Å². The third kappa shape index (κ3) is 1.58. The molecule has 0 bridgehead atoms. The first-order valence-corrected chi connectivity index (χ1v) is 5.13. The summed E-state index contributed by atoms with van der Waals surface area (Å²) in [5.74, 6) is -0.924. The van der Waals surface area contributed by atoms with E-state index in [1.165, 1.54) is 16.9 Å². The molecule has 0 aliphatic heterocycles. The maximum Gasteiger partial charge on any atom is 0.354 e. The molecule has 7 heteroatoms. The first kappa shape index (κ1) is 10.3. The average molecular weight is 241 g/mol. The highest BCUT2D eigenvalue weighted by Gasteiger charge is 2.11. The van der Waals surface area contributed by atoms with Crippen molar-refractivity contribution in [3.05, 3.63) is 42.2 Å². The molecule has 1 aromatic carbocycles. The summed E-state index contributed by atoms with van der Waals surface area (Å²) in [6, 6.07) is 8.62. The summed E-state index contributed by atoms with van der Waals surface area (Å²) in [6.07, 6.45) is 1.38. The highest BCUT2D eigenvalue weighted by atomic mass is 16.4. The summed E-state index contributed by atoms with van der Waals surface area (Å²) in [6.45, 7) is 0. The Morgan fingerprint density at radius 1 is 1.22 bits per heavy atom. The van der Waals surface area contributed by atoms with Crippen LogP contribution < -0.4 is 0 Å². The van der Waals surface area contributed by atoms with Crippen LogP contribution in [-0.4, -0.2) is 36.0 Å². The summed E-state index contributed by atoms with van der Waals surface area (Å²) < 4.78 is 1.40. The second-order valence-electron chi connectivity index (χ2n) is 3.54. The number of fused-ring (bicyclic) bond motifs is 1. The molecule has 0 radical (unpaired) electrons. The number of carboxylic acid groups (broad SMARTS) is 1. The van der Waals surface area contributed by atoms with Crippen molar-refractivity contribution in [3.63, 3.8) is 0 Å². The van der Waals surface area contributed by atoms with Crippen molar-refractivity contribution in [1.29, 1.82) is 0 Å². The average Bonchev–Trinajstić information content (AvgIpc) is 2.82. The van der Waals surface area contributed by atoms with Gasteiger partial charge in [0.1, 0.15) is 5.52 Å². The van der Waals surface area contributed by atoms with E-state index in [9.17, 15) is 4.79 Å². The molecule has 0 unspecified atom stereocenters. The van der Waals surface area contributed by atoms with Gasteiger partial charge in [-0.1, -0.05) is 17.3 Å². The minimum atomic E-state index is -1.11. The van der Waals surface area contributed by atoms with Gasteiger partial charge in [0, 0.05) is 6.20 Å². The molecule has 0 aliphatic rings. The Bertz CT molecular complexity index is 737. The predicted molar refractivity (Wildman–Crippen MR) is 61.4 cm³/mol. The highest BCUT2D eigenvalue weighted by Crippen LogP contribution is 2.12. The fraction of sp³-hybridized carbons (Fsp3) is 0. The van der Waals surface area contributed by atoms with Crippen LogP contribution in [0.4, 0.5) is 0 Å². The molecule has 2 heterocycles. The Hall–Kier alpha value is -2.83. The van der Waals surface area contributed by atoms with Crippen LogP contribution in [0, 0.1) is 0 Å². The van der Waals surface area contributed by atoms with Gasteiger partial charge < -0.3 is 5.11 Å². The SMILES string of the molecule is O=C(O)c1ccnc(-n2nnc3ccccc32)n1. The summed E-state index contributed by atoms with van der Waals surface area (Å²) in [7, 11) is 0. The van der Waals surface area contributed by atoms with Gasteiger partial charge in [-0.15, -0.1) is 5.10 Å². The Kier molecular flexibility index (Phi) is 2.23. The second-order valence-corrected chi connectivity index (χ2v) is 3.54. The number of hydrogen-bond acceptors (Lipinski definition) is 5. The van der Waals surface area contributed by atoms with Crippen molar-refractivity contribution in [2.75, 3.05) is 0 Å². The van der Waals surface area contributed by atoms with E-state index >= 15 is 0 Å². The molecule has 3 rings (SSSR count). The Morgan fingerprint density at radius 3 is 2.89 bits per heavy atom. The zero-order valence-electron chi connectivity index (χ0n) is 9.06. The highest BCUT2D eigenvalue weighted by molar-refractivity contribution is 5.85. The van der Waals surface area contributed by atoms with Crippen molar-refractivity contribution >= 4 is 17.0 Å². The number of para-hydroxylation sites is 1. The predicted octanol–water partition coefficient (Wildman–Crippen LogP) is 0.909. The minimum Gasteiger partial charge on any atom is -0.477 e. The molecule has 0 spiro atoms. The Balaban J connectivity index is 2.20. The molecule has 0 saturated carbocycles. The molecule has 88 valence electrons. The van der Waals surface area contributed by atoms with Crippen LogP contribution in [0.2, 0.25) is 0 Å². The fourth-order valence-electron chi connectivity index (χ4n) is 1.59. The fourth-order valence-corrected chi connectivity index (χ4v) is 1.59. The third-order valence-electron chi connectivity index (χ3n) is 2.40. The quantitative estimate of drug-likeness (QED) is 0.716. The molecule has 2 aromatic heterocycles. The van der Waals surface area contributed by atoms with E-state index in [-0.39, 0.29) is 11.6 Å². The molecule has 7 nitrogen and oxygen atoms in total. The van der Waals surface area contributed by atoms with Crippen LogP contribution in [0.25, 0.3) is 17.0 Å². The lowest BCUT2D eigenvalue weighted by Gasteiger charge is -2.00. The normalized spacial score (nSPS) is 10.7. The molecule has 0 fully saturated rings. The number of hydrogen-bond donors (Lipinski definition) is 1. The van der Waals surface area contributed by atoms with E-state index in [2.05, 4.69) is 20.3 Å². The number of carboxylic acids is 1. The molecular weight excluding hydrogens is 234 g/mol. The molecule has 0 atom stereocenters. The summed E-state index contributed by atoms with van der Waals surface area (Å²) >= 11 is 0. The van der Waals surface area contributed by atoms with Crippen LogP contribution in [-0.2, 0) is 0 Å². The first-order chi connectivity index (χ1) is 8.75. The monoisotopic (exact) mass is 241 g/mol. The smallest absolute Gasteiger partial charge is 0.354 e. The second kappa shape index (κ2) is 3.88. The lowest BCUT2D eigenvalue weighted by molar-refractivity contribution is 0.0690. The summed E-state index contributed by atoms with van der Waals surface area (Å²) in [5, 5.41) is 16.8. The van der Waals surface area contributed by atoms with Crippen molar-refractivity contribution in [1.82, 2.24) is 25.0 Å².